The molecule has 0 amide bonds. The SMILES string of the molecule is O=C(O)CN(CC(F)(F)F)c1ncc([N+](=O)[O-])cc1Cl. The fourth-order valence-corrected chi connectivity index (χ4v) is 1.62. The third-order valence-corrected chi connectivity index (χ3v) is 2.29. The Morgan fingerprint density at radius 3 is 2.55 bits per heavy atom. The highest BCUT2D eigenvalue weighted by Gasteiger charge is 2.33. The molecular weight excluding hydrogens is 307 g/mol. The summed E-state index contributed by atoms with van der Waals surface area (Å²) in [4.78, 5) is 24.0. The van der Waals surface area contributed by atoms with Gasteiger partial charge in [0.25, 0.3) is 5.69 Å². The van der Waals surface area contributed by atoms with Gasteiger partial charge in [-0.1, -0.05) is 11.6 Å². The van der Waals surface area contributed by atoms with E-state index in [0.717, 1.165) is 6.07 Å². The molecular formula is C9H7ClF3N3O4. The molecule has 1 N–H and O–H groups in total. The topological polar surface area (TPSA) is 96.6 Å². The highest BCUT2D eigenvalue weighted by molar-refractivity contribution is 6.33. The van der Waals surface area contributed by atoms with E-state index in [2.05, 4.69) is 4.98 Å². The van der Waals surface area contributed by atoms with Crippen LogP contribution in [0.5, 0.6) is 0 Å². The molecule has 7 nitrogen and oxygen atoms in total. The normalized spacial score (nSPS) is 11.2. The number of aliphatic carboxylic acids is 1. The molecule has 0 bridgehead atoms. The van der Waals surface area contributed by atoms with Crippen LogP contribution in [0.2, 0.25) is 5.02 Å². The van der Waals surface area contributed by atoms with Gasteiger partial charge in [0.05, 0.1) is 9.95 Å². The summed E-state index contributed by atoms with van der Waals surface area (Å²) in [6.07, 6.45) is -3.98. The van der Waals surface area contributed by atoms with Crippen molar-refractivity contribution in [3.8, 4) is 0 Å². The molecule has 0 aliphatic heterocycles. The van der Waals surface area contributed by atoms with Gasteiger partial charge in [-0.05, 0) is 0 Å². The van der Waals surface area contributed by atoms with Gasteiger partial charge in [-0.3, -0.25) is 14.9 Å². The van der Waals surface area contributed by atoms with Crippen molar-refractivity contribution in [3.63, 3.8) is 0 Å². The lowest BCUT2D eigenvalue weighted by atomic mass is 10.3. The fraction of sp³-hybridized carbons (Fsp3) is 0.333. The molecule has 1 aromatic rings. The second kappa shape index (κ2) is 5.90. The smallest absolute Gasteiger partial charge is 0.405 e. The molecule has 1 rings (SSSR count). The van der Waals surface area contributed by atoms with Crippen LogP contribution in [-0.2, 0) is 4.79 Å². The van der Waals surface area contributed by atoms with E-state index in [-0.39, 0.29) is 0 Å². The maximum atomic E-state index is 12.4. The number of rotatable bonds is 5. The molecule has 0 atom stereocenters. The van der Waals surface area contributed by atoms with E-state index in [9.17, 15) is 28.1 Å². The molecule has 0 unspecified atom stereocenters. The quantitative estimate of drug-likeness (QED) is 0.660. The minimum atomic E-state index is -4.68. The number of carbonyl (C=O) groups is 1. The Morgan fingerprint density at radius 1 is 1.55 bits per heavy atom. The van der Waals surface area contributed by atoms with E-state index in [1.54, 1.807) is 0 Å². The van der Waals surface area contributed by atoms with Gasteiger partial charge in [-0.15, -0.1) is 0 Å². The Balaban J connectivity index is 3.13. The van der Waals surface area contributed by atoms with E-state index in [1.165, 1.54) is 0 Å². The lowest BCUT2D eigenvalue weighted by Gasteiger charge is -2.23. The monoisotopic (exact) mass is 313 g/mol. The summed E-state index contributed by atoms with van der Waals surface area (Å²) in [6, 6.07) is 0.801. The molecule has 1 aromatic heterocycles. The van der Waals surface area contributed by atoms with Crippen molar-refractivity contribution in [1.82, 2.24) is 4.98 Å². The van der Waals surface area contributed by atoms with Crippen molar-refractivity contribution < 1.29 is 28.0 Å². The lowest BCUT2D eigenvalue weighted by Crippen LogP contribution is -2.38. The number of nitro groups is 1. The Hall–Kier alpha value is -2.10. The average Bonchev–Trinajstić information content (AvgIpc) is 2.25. The first-order chi connectivity index (χ1) is 9.10. The minimum Gasteiger partial charge on any atom is -0.480 e. The number of hydrogen-bond donors (Lipinski definition) is 1. The summed E-state index contributed by atoms with van der Waals surface area (Å²) < 4.78 is 37.1. The van der Waals surface area contributed by atoms with E-state index >= 15 is 0 Å². The van der Waals surface area contributed by atoms with E-state index in [0.29, 0.717) is 11.1 Å². The standard InChI is InChI=1S/C9H7ClF3N3O4/c10-6-1-5(16(19)20)2-14-8(6)15(3-7(17)18)4-9(11,12)13/h1-2H,3-4H2,(H,17,18). The number of halogens is 4. The largest absolute Gasteiger partial charge is 0.480 e. The van der Waals surface area contributed by atoms with Crippen LogP contribution < -0.4 is 4.90 Å². The van der Waals surface area contributed by atoms with Crippen LogP contribution in [0.15, 0.2) is 12.3 Å². The first kappa shape index (κ1) is 16.0. The highest BCUT2D eigenvalue weighted by atomic mass is 35.5. The maximum Gasteiger partial charge on any atom is 0.405 e. The molecule has 0 saturated heterocycles. The number of hydrogen-bond acceptors (Lipinski definition) is 5. The number of alkyl halides is 3. The van der Waals surface area contributed by atoms with Crippen molar-refractivity contribution in [2.45, 2.75) is 6.18 Å². The number of aromatic nitrogens is 1. The first-order valence-corrected chi connectivity index (χ1v) is 5.31. The van der Waals surface area contributed by atoms with E-state index in [4.69, 9.17) is 16.7 Å². The molecule has 11 heteroatoms. The molecule has 1 heterocycles. The van der Waals surface area contributed by atoms with E-state index < -0.39 is 46.7 Å². The van der Waals surface area contributed by atoms with Gasteiger partial charge < -0.3 is 10.0 Å². The molecule has 20 heavy (non-hydrogen) atoms. The van der Waals surface area contributed by atoms with Crippen molar-refractivity contribution in [3.05, 3.63) is 27.4 Å². The zero-order valence-corrected chi connectivity index (χ0v) is 10.4. The summed E-state index contributed by atoms with van der Waals surface area (Å²) in [5, 5.41) is 18.6. The van der Waals surface area contributed by atoms with Gasteiger partial charge in [-0.25, -0.2) is 4.98 Å². The molecule has 0 fully saturated rings. The average molecular weight is 314 g/mol. The predicted molar refractivity (Wildman–Crippen MR) is 61.8 cm³/mol. The van der Waals surface area contributed by atoms with Crippen molar-refractivity contribution in [2.75, 3.05) is 18.0 Å². The number of carboxylic acid groups (broad SMARTS) is 1. The second-order valence-corrected chi connectivity index (χ2v) is 4.03. The van der Waals surface area contributed by atoms with Crippen molar-refractivity contribution in [1.29, 1.82) is 0 Å². The van der Waals surface area contributed by atoms with E-state index in [1.807, 2.05) is 0 Å². The Labute approximate surface area is 114 Å². The Kier molecular flexibility index (Phi) is 4.71. The fourth-order valence-electron chi connectivity index (χ4n) is 1.34. The summed E-state index contributed by atoms with van der Waals surface area (Å²) in [7, 11) is 0. The van der Waals surface area contributed by atoms with Gasteiger partial charge >= 0.3 is 12.1 Å². The second-order valence-electron chi connectivity index (χ2n) is 3.62. The Bertz CT molecular complexity index is 538. The van der Waals surface area contributed by atoms with Crippen LogP contribution in [-0.4, -0.2) is 40.2 Å². The molecule has 0 aliphatic rings. The van der Waals surface area contributed by atoms with Gasteiger partial charge in [0.2, 0.25) is 0 Å². The minimum absolute atomic E-state index is 0.369. The number of anilines is 1. The van der Waals surface area contributed by atoms with Crippen LogP contribution in [0.4, 0.5) is 24.7 Å². The molecule has 0 aliphatic carbocycles. The van der Waals surface area contributed by atoms with Gasteiger partial charge in [0.15, 0.2) is 0 Å². The number of pyridine rings is 1. The van der Waals surface area contributed by atoms with Crippen LogP contribution in [0.3, 0.4) is 0 Å². The van der Waals surface area contributed by atoms with Crippen LogP contribution in [0, 0.1) is 10.1 Å². The molecule has 0 saturated carbocycles. The maximum absolute atomic E-state index is 12.4. The highest BCUT2D eigenvalue weighted by Crippen LogP contribution is 2.29. The summed E-state index contributed by atoms with van der Waals surface area (Å²) in [6.45, 7) is -2.59. The molecule has 0 radical (unpaired) electrons. The summed E-state index contributed by atoms with van der Waals surface area (Å²) in [5.74, 6) is -2.01. The third kappa shape index (κ3) is 4.53. The van der Waals surface area contributed by atoms with Crippen LogP contribution >= 0.6 is 11.6 Å². The van der Waals surface area contributed by atoms with Crippen molar-refractivity contribution >= 4 is 29.1 Å². The van der Waals surface area contributed by atoms with Gasteiger partial charge in [0.1, 0.15) is 25.1 Å². The van der Waals surface area contributed by atoms with Crippen molar-refractivity contribution in [2.24, 2.45) is 0 Å². The third-order valence-electron chi connectivity index (χ3n) is 2.01. The number of carboxylic acids is 1. The Morgan fingerprint density at radius 2 is 2.15 bits per heavy atom. The molecule has 0 aromatic carbocycles. The van der Waals surface area contributed by atoms with Crippen LogP contribution in [0.25, 0.3) is 0 Å². The first-order valence-electron chi connectivity index (χ1n) is 4.93. The molecule has 0 spiro atoms. The van der Waals surface area contributed by atoms with Gasteiger partial charge in [0, 0.05) is 6.07 Å². The summed E-state index contributed by atoms with van der Waals surface area (Å²) >= 11 is 5.61. The lowest BCUT2D eigenvalue weighted by molar-refractivity contribution is -0.385. The van der Waals surface area contributed by atoms with Crippen LogP contribution in [0.1, 0.15) is 0 Å². The zero-order valence-electron chi connectivity index (χ0n) is 9.59. The number of nitrogens with zero attached hydrogens (tertiary/aromatic N) is 3. The molecule has 110 valence electrons. The van der Waals surface area contributed by atoms with Gasteiger partial charge in [-0.2, -0.15) is 13.2 Å². The summed E-state index contributed by atoms with van der Waals surface area (Å²) in [5.41, 5.74) is -0.513. The zero-order chi connectivity index (χ0) is 15.5. The predicted octanol–water partition coefficient (Wildman–Crippen LogP) is 2.10.